The number of aromatic amines is 1. The molecule has 2 N–H and O–H groups in total. The molecule has 0 aliphatic rings. The van der Waals surface area contributed by atoms with E-state index >= 15 is 0 Å². The molecule has 0 spiro atoms. The van der Waals surface area contributed by atoms with Crippen molar-refractivity contribution in [3.8, 4) is 22.9 Å². The van der Waals surface area contributed by atoms with Crippen LogP contribution in [0.15, 0.2) is 42.6 Å². The van der Waals surface area contributed by atoms with E-state index in [0.29, 0.717) is 16.3 Å². The number of nitrogens with one attached hydrogen (secondary N) is 2. The minimum Gasteiger partial charge on any atom is -0.468 e. The third kappa shape index (κ3) is 5.85. The van der Waals surface area contributed by atoms with E-state index in [1.165, 1.54) is 12.1 Å². The summed E-state index contributed by atoms with van der Waals surface area (Å²) in [5.74, 6) is -0.178. The molecular weight excluding hydrogens is 413 g/mol. The molecule has 0 radical (unpaired) electrons. The van der Waals surface area contributed by atoms with Crippen molar-refractivity contribution in [2.45, 2.75) is 13.1 Å². The molecule has 0 fully saturated rings. The molecule has 3 aromatic rings. The van der Waals surface area contributed by atoms with E-state index < -0.39 is 18.9 Å². The van der Waals surface area contributed by atoms with E-state index in [4.69, 9.17) is 21.1 Å². The number of rotatable bonds is 5. The van der Waals surface area contributed by atoms with Gasteiger partial charge in [-0.2, -0.15) is 13.2 Å². The van der Waals surface area contributed by atoms with Crippen LogP contribution in [0.2, 0.25) is 5.02 Å². The van der Waals surface area contributed by atoms with E-state index in [0.717, 1.165) is 6.20 Å². The molecule has 29 heavy (non-hydrogen) atoms. The number of nitrogens with zero attached hydrogens (tertiary/aromatic N) is 2. The Bertz CT molecular complexity index is 1010. The Balaban J connectivity index is 1.84. The standard InChI is InChI=1S/C18H14ClF3N4O3/c1-10-6-15(26-25-10)29-17(27)24-13-7-14(11-2-4-12(19)5-3-11)16(23-8-13)28-9-18(20,21)22/h2-8H,9H2,1H3,(H,24,27)(H,25,26). The molecule has 2 heterocycles. The highest BCUT2D eigenvalue weighted by Crippen LogP contribution is 2.32. The SMILES string of the molecule is Cc1cc(OC(=O)Nc2cnc(OCC(F)(F)F)c(-c3ccc(Cl)cc3)c2)n[nH]1. The fourth-order valence-electron chi connectivity index (χ4n) is 2.31. The highest BCUT2D eigenvalue weighted by atomic mass is 35.5. The summed E-state index contributed by atoms with van der Waals surface area (Å²) in [4.78, 5) is 15.9. The van der Waals surface area contributed by atoms with Crippen molar-refractivity contribution in [2.75, 3.05) is 11.9 Å². The van der Waals surface area contributed by atoms with Crippen molar-refractivity contribution >= 4 is 23.4 Å². The predicted octanol–water partition coefficient (Wildman–Crippen LogP) is 4.99. The normalized spacial score (nSPS) is 11.2. The summed E-state index contributed by atoms with van der Waals surface area (Å²) in [5.41, 5.74) is 1.62. The van der Waals surface area contributed by atoms with Crippen LogP contribution >= 0.6 is 11.6 Å². The molecule has 2 aromatic heterocycles. The highest BCUT2D eigenvalue weighted by Gasteiger charge is 2.29. The van der Waals surface area contributed by atoms with Crippen LogP contribution in [0.4, 0.5) is 23.7 Å². The first kappa shape index (κ1) is 20.5. The zero-order valence-corrected chi connectivity index (χ0v) is 15.6. The number of halogens is 4. The Morgan fingerprint density at radius 1 is 1.24 bits per heavy atom. The number of benzene rings is 1. The van der Waals surface area contributed by atoms with Crippen LogP contribution in [-0.2, 0) is 0 Å². The summed E-state index contributed by atoms with van der Waals surface area (Å²) in [6, 6.07) is 9.25. The van der Waals surface area contributed by atoms with Gasteiger partial charge in [-0.15, -0.1) is 5.10 Å². The van der Waals surface area contributed by atoms with Gasteiger partial charge in [-0.25, -0.2) is 9.78 Å². The number of hydrogen-bond donors (Lipinski definition) is 2. The van der Waals surface area contributed by atoms with Crippen molar-refractivity contribution in [1.82, 2.24) is 15.2 Å². The van der Waals surface area contributed by atoms with Gasteiger partial charge in [0.05, 0.1) is 11.9 Å². The predicted molar refractivity (Wildman–Crippen MR) is 99.2 cm³/mol. The minimum atomic E-state index is -4.53. The van der Waals surface area contributed by atoms with Gasteiger partial charge in [0.1, 0.15) is 0 Å². The number of carbonyl (C=O) groups is 1. The first-order valence-electron chi connectivity index (χ1n) is 8.16. The third-order valence-corrected chi connectivity index (χ3v) is 3.76. The number of pyridine rings is 1. The third-order valence-electron chi connectivity index (χ3n) is 3.51. The van der Waals surface area contributed by atoms with Gasteiger partial charge in [0.2, 0.25) is 11.8 Å². The van der Waals surface area contributed by atoms with Crippen LogP contribution in [0, 0.1) is 6.92 Å². The molecule has 1 aromatic carbocycles. The molecule has 7 nitrogen and oxygen atoms in total. The lowest BCUT2D eigenvalue weighted by Gasteiger charge is -2.14. The Labute approximate surface area is 167 Å². The van der Waals surface area contributed by atoms with Crippen LogP contribution in [0.1, 0.15) is 5.69 Å². The maximum atomic E-state index is 12.5. The smallest absolute Gasteiger partial charge is 0.422 e. The topological polar surface area (TPSA) is 89.1 Å². The van der Waals surface area contributed by atoms with Crippen LogP contribution in [-0.4, -0.2) is 34.1 Å². The van der Waals surface area contributed by atoms with Crippen molar-refractivity contribution in [1.29, 1.82) is 0 Å². The second-order valence-corrected chi connectivity index (χ2v) is 6.33. The monoisotopic (exact) mass is 426 g/mol. The number of carbonyl (C=O) groups excluding carboxylic acids is 1. The quantitative estimate of drug-likeness (QED) is 0.600. The molecule has 3 rings (SSSR count). The maximum absolute atomic E-state index is 12.5. The molecule has 1 amide bonds. The number of hydrogen-bond acceptors (Lipinski definition) is 5. The summed E-state index contributed by atoms with van der Waals surface area (Å²) >= 11 is 5.86. The first-order valence-corrected chi connectivity index (χ1v) is 8.54. The minimum absolute atomic E-state index is 0.0658. The molecule has 11 heteroatoms. The van der Waals surface area contributed by atoms with Gasteiger partial charge < -0.3 is 9.47 Å². The average Bonchev–Trinajstić information content (AvgIpc) is 3.05. The summed E-state index contributed by atoms with van der Waals surface area (Å²) in [5, 5.41) is 9.28. The van der Waals surface area contributed by atoms with Crippen LogP contribution in [0.5, 0.6) is 11.8 Å². The lowest BCUT2D eigenvalue weighted by Crippen LogP contribution is -2.20. The lowest BCUT2D eigenvalue weighted by molar-refractivity contribution is -0.154. The number of H-pyrrole nitrogens is 1. The van der Waals surface area contributed by atoms with Gasteiger partial charge in [-0.05, 0) is 30.7 Å². The molecule has 0 unspecified atom stereocenters. The molecule has 152 valence electrons. The molecule has 0 saturated heterocycles. The molecule has 0 bridgehead atoms. The Morgan fingerprint density at radius 2 is 1.97 bits per heavy atom. The summed E-state index contributed by atoms with van der Waals surface area (Å²) in [7, 11) is 0. The highest BCUT2D eigenvalue weighted by molar-refractivity contribution is 6.30. The largest absolute Gasteiger partial charge is 0.468 e. The van der Waals surface area contributed by atoms with Crippen molar-refractivity contribution in [2.24, 2.45) is 0 Å². The molecule has 0 atom stereocenters. The maximum Gasteiger partial charge on any atom is 0.422 e. The number of aromatic nitrogens is 3. The Kier molecular flexibility index (Phi) is 5.92. The second-order valence-electron chi connectivity index (χ2n) is 5.89. The lowest BCUT2D eigenvalue weighted by atomic mass is 10.1. The van der Waals surface area contributed by atoms with Crippen molar-refractivity contribution in [3.63, 3.8) is 0 Å². The number of anilines is 1. The second kappa shape index (κ2) is 8.39. The fraction of sp³-hybridized carbons (Fsp3) is 0.167. The van der Waals surface area contributed by atoms with Crippen LogP contribution in [0.25, 0.3) is 11.1 Å². The Hall–Kier alpha value is -3.27. The van der Waals surface area contributed by atoms with Gasteiger partial charge in [0, 0.05) is 22.3 Å². The summed E-state index contributed by atoms with van der Waals surface area (Å²) in [6.07, 6.45) is -4.21. The Morgan fingerprint density at radius 3 is 2.59 bits per heavy atom. The van der Waals surface area contributed by atoms with E-state index in [-0.39, 0.29) is 23.0 Å². The van der Waals surface area contributed by atoms with Crippen LogP contribution < -0.4 is 14.8 Å². The number of alkyl halides is 3. The van der Waals surface area contributed by atoms with Gasteiger partial charge in [0.25, 0.3) is 0 Å². The zero-order chi connectivity index (χ0) is 21.0. The number of aryl methyl sites for hydroxylation is 1. The first-order chi connectivity index (χ1) is 13.7. The van der Waals surface area contributed by atoms with Gasteiger partial charge in [-0.1, -0.05) is 23.7 Å². The van der Waals surface area contributed by atoms with Gasteiger partial charge >= 0.3 is 12.3 Å². The zero-order valence-electron chi connectivity index (χ0n) is 14.9. The van der Waals surface area contributed by atoms with Crippen molar-refractivity contribution in [3.05, 3.63) is 53.3 Å². The molecule has 0 aliphatic heterocycles. The molecule has 0 saturated carbocycles. The van der Waals surface area contributed by atoms with Gasteiger partial charge in [0.15, 0.2) is 6.61 Å². The van der Waals surface area contributed by atoms with Gasteiger partial charge in [-0.3, -0.25) is 10.4 Å². The summed E-state index contributed by atoms with van der Waals surface area (Å²) in [6.45, 7) is 0.230. The van der Waals surface area contributed by atoms with E-state index in [2.05, 4.69) is 20.5 Å². The number of amides is 1. The summed E-state index contributed by atoms with van der Waals surface area (Å²) < 4.78 is 47.4. The molecular formula is C18H14ClF3N4O3. The van der Waals surface area contributed by atoms with E-state index in [1.54, 1.807) is 31.2 Å². The average molecular weight is 427 g/mol. The fourth-order valence-corrected chi connectivity index (χ4v) is 2.43. The van der Waals surface area contributed by atoms with Crippen LogP contribution in [0.3, 0.4) is 0 Å². The van der Waals surface area contributed by atoms with E-state index in [9.17, 15) is 18.0 Å². The van der Waals surface area contributed by atoms with E-state index in [1.807, 2.05) is 0 Å². The number of ether oxygens (including phenoxy) is 2. The molecule has 0 aliphatic carbocycles. The van der Waals surface area contributed by atoms with Crippen molar-refractivity contribution < 1.29 is 27.4 Å².